The van der Waals surface area contributed by atoms with Crippen LogP contribution in [0.15, 0.2) is 0 Å². The molecule has 9 heteroatoms. The number of carbonyl (C=O) groups is 4. The number of amides is 4. The predicted molar refractivity (Wildman–Crippen MR) is 80.9 cm³/mol. The lowest BCUT2D eigenvalue weighted by Gasteiger charge is -2.13. The van der Waals surface area contributed by atoms with Crippen LogP contribution in [0.3, 0.4) is 0 Å². The van der Waals surface area contributed by atoms with E-state index in [4.69, 9.17) is 4.84 Å². The molecule has 23 heavy (non-hydrogen) atoms. The van der Waals surface area contributed by atoms with Crippen LogP contribution in [0.4, 0.5) is 4.79 Å². The third kappa shape index (κ3) is 3.77. The average molecular weight is 341 g/mol. The summed E-state index contributed by atoms with van der Waals surface area (Å²) in [6, 6.07) is 0.106. The smallest absolute Gasteiger partial charge is 0.332 e. The Morgan fingerprint density at radius 2 is 1.91 bits per heavy atom. The molecule has 0 saturated carbocycles. The second kappa shape index (κ2) is 6.77. The van der Waals surface area contributed by atoms with Crippen LogP contribution in [0.5, 0.6) is 0 Å². The highest BCUT2D eigenvalue weighted by molar-refractivity contribution is 8.00. The van der Waals surface area contributed by atoms with Gasteiger partial charge in [-0.05, 0) is 19.3 Å². The third-order valence-corrected chi connectivity index (χ3v) is 5.72. The molecule has 126 valence electrons. The molecule has 4 amide bonds. The van der Waals surface area contributed by atoms with Gasteiger partial charge in [-0.2, -0.15) is 0 Å². The number of thioether (sulfide) groups is 1. The highest BCUT2D eigenvalue weighted by atomic mass is 32.2. The zero-order valence-corrected chi connectivity index (χ0v) is 13.4. The van der Waals surface area contributed by atoms with Crippen molar-refractivity contribution < 1.29 is 24.0 Å². The number of rotatable bonds is 6. The van der Waals surface area contributed by atoms with E-state index in [0.29, 0.717) is 16.7 Å². The van der Waals surface area contributed by atoms with E-state index >= 15 is 0 Å². The van der Waals surface area contributed by atoms with Gasteiger partial charge in [0, 0.05) is 24.5 Å². The van der Waals surface area contributed by atoms with E-state index < -0.39 is 17.8 Å². The lowest BCUT2D eigenvalue weighted by atomic mass is 10.1. The molecule has 3 rings (SSSR count). The molecule has 0 aromatic rings. The highest BCUT2D eigenvalue weighted by Crippen LogP contribution is 2.37. The lowest BCUT2D eigenvalue weighted by Crippen LogP contribution is -2.31. The zero-order valence-electron chi connectivity index (χ0n) is 12.6. The molecule has 3 fully saturated rings. The standard InChI is InChI=1S/C14H19N3O5S/c18-10-5-6-11(19)17(10)22-12(20)4-2-1-3-8-7-9-13(23-8)16-14(21)15-9/h8-9,13H,1-7H2,(H2,15,16,21). The Kier molecular flexibility index (Phi) is 4.74. The number of urea groups is 1. The van der Waals surface area contributed by atoms with Gasteiger partial charge in [0.15, 0.2) is 0 Å². The molecule has 3 saturated heterocycles. The number of imide groups is 1. The maximum atomic E-state index is 11.7. The molecule has 8 nitrogen and oxygen atoms in total. The van der Waals surface area contributed by atoms with Crippen molar-refractivity contribution >= 4 is 35.6 Å². The fourth-order valence-electron chi connectivity index (χ4n) is 3.01. The molecule has 3 atom stereocenters. The Morgan fingerprint density at radius 1 is 1.17 bits per heavy atom. The lowest BCUT2D eigenvalue weighted by molar-refractivity contribution is -0.197. The first kappa shape index (κ1) is 16.1. The first-order valence-corrected chi connectivity index (χ1v) is 8.76. The Bertz CT molecular complexity index is 509. The van der Waals surface area contributed by atoms with Crippen molar-refractivity contribution in [3.63, 3.8) is 0 Å². The number of hydroxylamine groups is 2. The molecule has 0 aromatic heterocycles. The number of nitrogens with one attached hydrogen (secondary N) is 2. The summed E-state index contributed by atoms with van der Waals surface area (Å²) < 4.78 is 0. The van der Waals surface area contributed by atoms with Crippen LogP contribution in [-0.4, -0.2) is 45.5 Å². The van der Waals surface area contributed by atoms with Gasteiger partial charge >= 0.3 is 12.0 Å². The number of fused-ring (bicyclic) bond motifs is 1. The average Bonchev–Trinajstić information content (AvgIpc) is 3.11. The van der Waals surface area contributed by atoms with E-state index in [0.717, 1.165) is 19.3 Å². The summed E-state index contributed by atoms with van der Waals surface area (Å²) in [5.74, 6) is -1.45. The van der Waals surface area contributed by atoms with E-state index in [1.165, 1.54) is 0 Å². The summed E-state index contributed by atoms with van der Waals surface area (Å²) in [6.07, 6.45) is 3.83. The Hall–Kier alpha value is -1.77. The number of hydrogen-bond acceptors (Lipinski definition) is 6. The molecule has 0 aliphatic carbocycles. The van der Waals surface area contributed by atoms with Crippen LogP contribution in [0.25, 0.3) is 0 Å². The first-order chi connectivity index (χ1) is 11.0. The Balaban J connectivity index is 1.30. The van der Waals surface area contributed by atoms with Gasteiger partial charge in [-0.1, -0.05) is 6.42 Å². The molecular formula is C14H19N3O5S. The minimum atomic E-state index is -0.543. The van der Waals surface area contributed by atoms with Crippen LogP contribution < -0.4 is 10.6 Å². The third-order valence-electron chi connectivity index (χ3n) is 4.17. The zero-order chi connectivity index (χ0) is 16.4. The van der Waals surface area contributed by atoms with Crippen LogP contribution in [0, 0.1) is 0 Å². The van der Waals surface area contributed by atoms with Crippen LogP contribution in [-0.2, 0) is 19.2 Å². The largest absolute Gasteiger partial charge is 0.333 e. The van der Waals surface area contributed by atoms with Crippen molar-refractivity contribution in [3.05, 3.63) is 0 Å². The molecule has 0 radical (unpaired) electrons. The van der Waals surface area contributed by atoms with Crippen molar-refractivity contribution in [2.45, 2.75) is 61.6 Å². The van der Waals surface area contributed by atoms with Crippen LogP contribution in [0.1, 0.15) is 44.9 Å². The summed E-state index contributed by atoms with van der Waals surface area (Å²) in [6.45, 7) is 0. The molecule has 3 aliphatic heterocycles. The molecule has 3 unspecified atom stereocenters. The maximum absolute atomic E-state index is 11.7. The highest BCUT2D eigenvalue weighted by Gasteiger charge is 2.40. The molecule has 3 aliphatic rings. The van der Waals surface area contributed by atoms with Gasteiger partial charge in [0.2, 0.25) is 0 Å². The van der Waals surface area contributed by atoms with Crippen molar-refractivity contribution in [1.29, 1.82) is 0 Å². The minimum absolute atomic E-state index is 0.0975. The number of carbonyl (C=O) groups excluding carboxylic acids is 4. The molecule has 0 bridgehead atoms. The monoisotopic (exact) mass is 341 g/mol. The van der Waals surface area contributed by atoms with Crippen molar-refractivity contribution in [3.8, 4) is 0 Å². The SMILES string of the molecule is O=C1NC2CC(CCCCC(=O)ON3C(=O)CCC3=O)SC2N1. The molecule has 0 spiro atoms. The topological polar surface area (TPSA) is 105 Å². The van der Waals surface area contributed by atoms with Crippen LogP contribution >= 0.6 is 11.8 Å². The maximum Gasteiger partial charge on any atom is 0.333 e. The fraction of sp³-hybridized carbons (Fsp3) is 0.714. The number of unbranched alkanes of at least 4 members (excludes halogenated alkanes) is 1. The fourth-order valence-corrected chi connectivity index (χ4v) is 4.59. The second-order valence-electron chi connectivity index (χ2n) is 5.93. The van der Waals surface area contributed by atoms with E-state index in [9.17, 15) is 19.2 Å². The molecule has 2 N–H and O–H groups in total. The molecule has 3 heterocycles. The van der Waals surface area contributed by atoms with Gasteiger partial charge in [0.1, 0.15) is 0 Å². The van der Waals surface area contributed by atoms with Crippen LogP contribution in [0.2, 0.25) is 0 Å². The van der Waals surface area contributed by atoms with Gasteiger partial charge in [0.05, 0.1) is 11.4 Å². The Labute approximate surface area is 137 Å². The summed E-state index contributed by atoms with van der Waals surface area (Å²) in [4.78, 5) is 50.3. The Morgan fingerprint density at radius 3 is 2.61 bits per heavy atom. The van der Waals surface area contributed by atoms with Gasteiger partial charge in [-0.3, -0.25) is 9.59 Å². The van der Waals surface area contributed by atoms with E-state index in [2.05, 4.69) is 10.6 Å². The van der Waals surface area contributed by atoms with Crippen molar-refractivity contribution in [2.75, 3.05) is 0 Å². The van der Waals surface area contributed by atoms with E-state index in [1.807, 2.05) is 0 Å². The summed E-state index contributed by atoms with van der Waals surface area (Å²) >= 11 is 1.76. The normalized spacial score (nSPS) is 29.5. The van der Waals surface area contributed by atoms with E-state index in [-0.39, 0.29) is 36.7 Å². The summed E-state index contributed by atoms with van der Waals surface area (Å²) in [5, 5.41) is 6.97. The van der Waals surface area contributed by atoms with Gasteiger partial charge in [-0.15, -0.1) is 16.8 Å². The number of nitrogens with zero attached hydrogens (tertiary/aromatic N) is 1. The second-order valence-corrected chi connectivity index (χ2v) is 7.38. The quantitative estimate of drug-likeness (QED) is 0.543. The summed E-state index contributed by atoms with van der Waals surface area (Å²) in [7, 11) is 0. The number of hydrogen-bond donors (Lipinski definition) is 2. The first-order valence-electron chi connectivity index (χ1n) is 7.82. The minimum Gasteiger partial charge on any atom is -0.332 e. The molecular weight excluding hydrogens is 322 g/mol. The molecule has 0 aromatic carbocycles. The van der Waals surface area contributed by atoms with Crippen molar-refractivity contribution in [2.24, 2.45) is 0 Å². The van der Waals surface area contributed by atoms with Gasteiger partial charge in [-0.25, -0.2) is 9.59 Å². The van der Waals surface area contributed by atoms with Crippen molar-refractivity contribution in [1.82, 2.24) is 15.7 Å². The predicted octanol–water partition coefficient (Wildman–Crippen LogP) is 0.667. The van der Waals surface area contributed by atoms with E-state index in [1.54, 1.807) is 11.8 Å². The van der Waals surface area contributed by atoms with Gasteiger partial charge in [0.25, 0.3) is 11.8 Å². The van der Waals surface area contributed by atoms with Gasteiger partial charge < -0.3 is 15.5 Å². The summed E-state index contributed by atoms with van der Waals surface area (Å²) in [5.41, 5.74) is 0.